The first-order valence-electron chi connectivity index (χ1n) is 6.12. The number of nitrogens with zero attached hydrogens (tertiary/aromatic N) is 3. The summed E-state index contributed by atoms with van der Waals surface area (Å²) in [5, 5.41) is 9.03. The van der Waals surface area contributed by atoms with E-state index in [1.54, 1.807) is 12.3 Å². The van der Waals surface area contributed by atoms with Crippen molar-refractivity contribution in [3.63, 3.8) is 0 Å². The van der Waals surface area contributed by atoms with Gasteiger partial charge in [0.1, 0.15) is 6.17 Å². The lowest BCUT2D eigenvalue weighted by Crippen LogP contribution is -2.43. The van der Waals surface area contributed by atoms with Crippen molar-refractivity contribution < 1.29 is 14.6 Å². The summed E-state index contributed by atoms with van der Waals surface area (Å²) in [5.41, 5.74) is 1.58. The number of fused-ring (bicyclic) bond motifs is 1. The minimum Gasteiger partial charge on any atom is -0.464 e. The number of aliphatic imine (C=N–C) groups is 1. The first kappa shape index (κ1) is 12.5. The van der Waals surface area contributed by atoms with Crippen molar-refractivity contribution >= 4 is 23.4 Å². The van der Waals surface area contributed by atoms with Crippen molar-refractivity contribution in [2.24, 2.45) is 4.99 Å². The third-order valence-electron chi connectivity index (χ3n) is 3.43. The maximum Gasteiger partial charge on any atom is 0.415 e. The van der Waals surface area contributed by atoms with E-state index >= 15 is 0 Å². The first-order chi connectivity index (χ1) is 9.19. The molecule has 102 valence electrons. The van der Waals surface area contributed by atoms with Gasteiger partial charge in [0.05, 0.1) is 23.4 Å². The molecule has 3 heterocycles. The molecule has 2 atom stereocenters. The Labute approximate surface area is 115 Å². The molecule has 0 radical (unpaired) electrons. The van der Waals surface area contributed by atoms with E-state index in [-0.39, 0.29) is 12.3 Å². The number of rotatable bonds is 3. The van der Waals surface area contributed by atoms with Gasteiger partial charge in [0.25, 0.3) is 0 Å². The molecule has 6 nitrogen and oxygen atoms in total. The second-order valence-corrected chi connectivity index (χ2v) is 4.91. The van der Waals surface area contributed by atoms with Crippen LogP contribution in [0.15, 0.2) is 29.2 Å². The van der Waals surface area contributed by atoms with Crippen molar-refractivity contribution in [1.29, 1.82) is 0 Å². The molecule has 0 aliphatic carbocycles. The first-order valence-corrected chi connectivity index (χ1v) is 6.66. The normalized spacial score (nSPS) is 28.7. The Morgan fingerprint density at radius 2 is 2.42 bits per heavy atom. The molecule has 7 heteroatoms. The highest BCUT2D eigenvalue weighted by Gasteiger charge is 2.34. The van der Waals surface area contributed by atoms with Gasteiger partial charge in [-0.15, -0.1) is 11.6 Å². The van der Waals surface area contributed by atoms with E-state index in [1.165, 1.54) is 6.20 Å². The van der Waals surface area contributed by atoms with Gasteiger partial charge in [-0.2, -0.15) is 0 Å². The minimum absolute atomic E-state index is 0.148. The maximum absolute atomic E-state index is 11.0. The summed E-state index contributed by atoms with van der Waals surface area (Å²) in [6, 6.07) is 0. The van der Waals surface area contributed by atoms with Crippen LogP contribution in [0.1, 0.15) is 6.42 Å². The Morgan fingerprint density at radius 1 is 1.63 bits per heavy atom. The van der Waals surface area contributed by atoms with Crippen LogP contribution in [-0.4, -0.2) is 58.0 Å². The van der Waals surface area contributed by atoms with Gasteiger partial charge in [-0.25, -0.2) is 4.79 Å². The van der Waals surface area contributed by atoms with Crippen molar-refractivity contribution in [2.45, 2.75) is 18.7 Å². The lowest BCUT2D eigenvalue weighted by Gasteiger charge is -2.35. The molecule has 19 heavy (non-hydrogen) atoms. The zero-order chi connectivity index (χ0) is 13.4. The van der Waals surface area contributed by atoms with E-state index in [4.69, 9.17) is 21.4 Å². The summed E-state index contributed by atoms with van der Waals surface area (Å²) in [5.74, 6) is 0.370. The lowest BCUT2D eigenvalue weighted by molar-refractivity contribution is -0.0643. The van der Waals surface area contributed by atoms with Crippen LogP contribution in [0.5, 0.6) is 0 Å². The van der Waals surface area contributed by atoms with Gasteiger partial charge < -0.3 is 14.7 Å². The lowest BCUT2D eigenvalue weighted by atomic mass is 10.1. The highest BCUT2D eigenvalue weighted by Crippen LogP contribution is 2.28. The van der Waals surface area contributed by atoms with Gasteiger partial charge in [-0.3, -0.25) is 9.89 Å². The van der Waals surface area contributed by atoms with Crippen molar-refractivity contribution in [2.75, 3.05) is 19.0 Å². The van der Waals surface area contributed by atoms with Gasteiger partial charge in [0.15, 0.2) is 0 Å². The summed E-state index contributed by atoms with van der Waals surface area (Å²) in [6.45, 7) is 1.48. The fraction of sp³-hybridized carbons (Fsp3) is 0.500. The number of ether oxygens (including phenoxy) is 1. The third-order valence-corrected chi connectivity index (χ3v) is 3.70. The van der Waals surface area contributed by atoms with Gasteiger partial charge in [-0.05, 0) is 12.5 Å². The quantitative estimate of drug-likeness (QED) is 0.796. The predicted octanol–water partition coefficient (Wildman–Crippen LogP) is 1.45. The second kappa shape index (κ2) is 4.86. The molecular weight excluding hydrogens is 270 g/mol. The number of carbonyl (C=O) groups is 1. The number of hydrogen-bond donors (Lipinski definition) is 1. The number of halogens is 1. The maximum atomic E-state index is 11.0. The van der Waals surface area contributed by atoms with Crippen LogP contribution in [0.4, 0.5) is 4.79 Å². The van der Waals surface area contributed by atoms with E-state index in [9.17, 15) is 4.79 Å². The van der Waals surface area contributed by atoms with Crippen molar-refractivity contribution in [1.82, 2.24) is 9.80 Å². The Morgan fingerprint density at radius 3 is 3.00 bits per heavy atom. The monoisotopic (exact) mass is 283 g/mol. The number of carboxylic acid groups (broad SMARTS) is 1. The molecule has 0 aromatic heterocycles. The average molecular weight is 284 g/mol. The predicted molar refractivity (Wildman–Crippen MR) is 70.1 cm³/mol. The van der Waals surface area contributed by atoms with Crippen LogP contribution in [0.2, 0.25) is 0 Å². The van der Waals surface area contributed by atoms with E-state index < -0.39 is 6.09 Å². The fourth-order valence-corrected chi connectivity index (χ4v) is 2.54. The summed E-state index contributed by atoms with van der Waals surface area (Å²) in [4.78, 5) is 18.7. The third kappa shape index (κ3) is 2.21. The Balaban J connectivity index is 1.83. The molecule has 1 amide bonds. The molecule has 1 fully saturated rings. The minimum atomic E-state index is -1.02. The molecule has 3 rings (SSSR count). The molecule has 3 aliphatic heterocycles. The van der Waals surface area contributed by atoms with E-state index in [2.05, 4.69) is 4.99 Å². The number of allylic oxidation sites excluding steroid dienone is 1. The molecule has 0 aromatic carbocycles. The van der Waals surface area contributed by atoms with Gasteiger partial charge >= 0.3 is 6.09 Å². The molecule has 0 saturated carbocycles. The summed E-state index contributed by atoms with van der Waals surface area (Å²) >= 11 is 5.94. The zero-order valence-corrected chi connectivity index (χ0v) is 11.0. The zero-order valence-electron chi connectivity index (χ0n) is 10.2. The number of hydrogen-bond acceptors (Lipinski definition) is 4. The molecule has 0 bridgehead atoms. The summed E-state index contributed by atoms with van der Waals surface area (Å²) in [7, 11) is 0. The molecule has 1 N–H and O–H groups in total. The smallest absolute Gasteiger partial charge is 0.415 e. The van der Waals surface area contributed by atoms with E-state index in [0.717, 1.165) is 29.3 Å². The topological polar surface area (TPSA) is 65.4 Å². The number of alkyl halides is 1. The standard InChI is InChI=1S/C12H14ClN3O3/c13-5-11-14-9-1-3-15(12(17)18)7-10(9)16(11)6-8-2-4-19-8/h1,3,7-8,11H,2,4-6H2,(H,17,18)/t8?,11-/m1/s1. The highest BCUT2D eigenvalue weighted by atomic mass is 35.5. The largest absolute Gasteiger partial charge is 0.464 e. The van der Waals surface area contributed by atoms with Crippen LogP contribution < -0.4 is 0 Å². The Kier molecular flexibility index (Phi) is 3.20. The van der Waals surface area contributed by atoms with Crippen LogP contribution in [-0.2, 0) is 4.74 Å². The Bertz CT molecular complexity index is 485. The average Bonchev–Trinajstić information content (AvgIpc) is 2.70. The molecule has 0 aromatic rings. The van der Waals surface area contributed by atoms with Crippen LogP contribution in [0, 0.1) is 0 Å². The van der Waals surface area contributed by atoms with Gasteiger partial charge in [0.2, 0.25) is 0 Å². The number of amides is 1. The highest BCUT2D eigenvalue weighted by molar-refractivity contribution is 6.19. The molecule has 1 unspecified atom stereocenters. The van der Waals surface area contributed by atoms with Crippen molar-refractivity contribution in [3.8, 4) is 0 Å². The Hall–Kier alpha value is -1.53. The second-order valence-electron chi connectivity index (χ2n) is 4.60. The SMILES string of the molecule is O=C(O)N1C=CC2=N[C@@H](CCl)N(CC3CCO3)C2=C1. The van der Waals surface area contributed by atoms with Crippen LogP contribution in [0.3, 0.4) is 0 Å². The summed E-state index contributed by atoms with van der Waals surface area (Å²) in [6.07, 6.45) is 4.80. The van der Waals surface area contributed by atoms with Crippen LogP contribution >= 0.6 is 11.6 Å². The molecule has 0 spiro atoms. The van der Waals surface area contributed by atoms with Gasteiger partial charge in [0, 0.05) is 25.6 Å². The summed E-state index contributed by atoms with van der Waals surface area (Å²) < 4.78 is 5.43. The van der Waals surface area contributed by atoms with Crippen LogP contribution in [0.25, 0.3) is 0 Å². The fourth-order valence-electron chi connectivity index (χ4n) is 2.30. The van der Waals surface area contributed by atoms with Crippen molar-refractivity contribution in [3.05, 3.63) is 24.2 Å². The van der Waals surface area contributed by atoms with Gasteiger partial charge in [-0.1, -0.05) is 0 Å². The molecular formula is C12H14ClN3O3. The van der Waals surface area contributed by atoms with E-state index in [0.29, 0.717) is 12.4 Å². The molecule has 3 aliphatic rings. The van der Waals surface area contributed by atoms with E-state index in [1.807, 2.05) is 4.90 Å². The molecule has 1 saturated heterocycles.